The standard InChI is InChI=1S/C8H16O6/c1-2-13-8-7(12)6(11)5(10)4(3-9)14-8/h4-12H,2-3H2,1H3/t4?,5-,6?,7-,8-/m1/s1. The summed E-state index contributed by atoms with van der Waals surface area (Å²) < 4.78 is 10.0. The van der Waals surface area contributed by atoms with Crippen LogP contribution in [0.4, 0.5) is 0 Å². The highest BCUT2D eigenvalue weighted by Gasteiger charge is 2.43. The van der Waals surface area contributed by atoms with Gasteiger partial charge in [0.25, 0.3) is 0 Å². The van der Waals surface area contributed by atoms with Crippen molar-refractivity contribution in [3.05, 3.63) is 0 Å². The van der Waals surface area contributed by atoms with Crippen molar-refractivity contribution < 1.29 is 29.9 Å². The molecule has 14 heavy (non-hydrogen) atoms. The zero-order valence-corrected chi connectivity index (χ0v) is 7.91. The summed E-state index contributed by atoms with van der Waals surface area (Å²) in [5.41, 5.74) is 0. The fraction of sp³-hybridized carbons (Fsp3) is 1.00. The lowest BCUT2D eigenvalue weighted by molar-refractivity contribution is -0.300. The SMILES string of the molecule is CCO[C@@H]1OC(CO)[C@@H](O)C(O)[C@H]1O. The summed E-state index contributed by atoms with van der Waals surface area (Å²) in [4.78, 5) is 0. The minimum absolute atomic E-state index is 0.308. The lowest BCUT2D eigenvalue weighted by Crippen LogP contribution is -2.59. The van der Waals surface area contributed by atoms with E-state index in [4.69, 9.17) is 14.6 Å². The summed E-state index contributed by atoms with van der Waals surface area (Å²) in [6.45, 7) is 1.58. The van der Waals surface area contributed by atoms with Crippen molar-refractivity contribution in [1.82, 2.24) is 0 Å². The third-order valence-corrected chi connectivity index (χ3v) is 2.18. The van der Waals surface area contributed by atoms with E-state index in [9.17, 15) is 15.3 Å². The molecule has 0 bridgehead atoms. The second-order valence-corrected chi connectivity index (χ2v) is 3.15. The molecule has 0 aromatic rings. The number of ether oxygens (including phenoxy) is 2. The van der Waals surface area contributed by atoms with Crippen molar-refractivity contribution in [2.75, 3.05) is 13.2 Å². The maximum Gasteiger partial charge on any atom is 0.186 e. The summed E-state index contributed by atoms with van der Waals surface area (Å²) in [6.07, 6.45) is -5.89. The molecule has 4 N–H and O–H groups in total. The van der Waals surface area contributed by atoms with Gasteiger partial charge in [0.15, 0.2) is 6.29 Å². The molecule has 5 atom stereocenters. The Balaban J connectivity index is 2.63. The highest BCUT2D eigenvalue weighted by molar-refractivity contribution is 4.88. The van der Waals surface area contributed by atoms with E-state index >= 15 is 0 Å². The van der Waals surface area contributed by atoms with Gasteiger partial charge in [-0.2, -0.15) is 0 Å². The van der Waals surface area contributed by atoms with E-state index in [0.717, 1.165) is 0 Å². The van der Waals surface area contributed by atoms with E-state index in [1.807, 2.05) is 0 Å². The van der Waals surface area contributed by atoms with Crippen LogP contribution >= 0.6 is 0 Å². The Bertz CT molecular complexity index is 171. The fourth-order valence-electron chi connectivity index (χ4n) is 1.37. The molecule has 6 heteroatoms. The molecular formula is C8H16O6. The molecular weight excluding hydrogens is 192 g/mol. The second kappa shape index (κ2) is 5.01. The quantitative estimate of drug-likeness (QED) is 0.421. The molecule has 1 rings (SSSR count). The molecule has 0 aromatic heterocycles. The van der Waals surface area contributed by atoms with E-state index in [1.54, 1.807) is 6.92 Å². The van der Waals surface area contributed by atoms with Crippen molar-refractivity contribution in [2.45, 2.75) is 37.6 Å². The molecule has 0 radical (unpaired) electrons. The maximum absolute atomic E-state index is 9.41. The molecule has 0 aliphatic carbocycles. The van der Waals surface area contributed by atoms with E-state index < -0.39 is 37.3 Å². The largest absolute Gasteiger partial charge is 0.394 e. The molecule has 1 aliphatic rings. The van der Waals surface area contributed by atoms with Crippen LogP contribution in [0.15, 0.2) is 0 Å². The summed E-state index contributed by atoms with van der Waals surface area (Å²) in [7, 11) is 0. The zero-order chi connectivity index (χ0) is 10.7. The fourth-order valence-corrected chi connectivity index (χ4v) is 1.37. The van der Waals surface area contributed by atoms with Crippen LogP contribution in [0.25, 0.3) is 0 Å². The minimum Gasteiger partial charge on any atom is -0.394 e. The summed E-state index contributed by atoms with van der Waals surface area (Å²) in [5, 5.41) is 36.9. The molecule has 0 saturated carbocycles. The third kappa shape index (κ3) is 2.22. The Morgan fingerprint density at radius 2 is 1.79 bits per heavy atom. The van der Waals surface area contributed by atoms with Crippen molar-refractivity contribution in [3.8, 4) is 0 Å². The van der Waals surface area contributed by atoms with Crippen molar-refractivity contribution in [3.63, 3.8) is 0 Å². The first-order valence-electron chi connectivity index (χ1n) is 4.54. The van der Waals surface area contributed by atoms with Gasteiger partial charge in [0, 0.05) is 6.61 Å². The molecule has 0 spiro atoms. The molecule has 1 saturated heterocycles. The van der Waals surface area contributed by atoms with Gasteiger partial charge in [-0.15, -0.1) is 0 Å². The van der Waals surface area contributed by atoms with Gasteiger partial charge < -0.3 is 29.9 Å². The molecule has 1 aliphatic heterocycles. The Labute approximate surface area is 81.7 Å². The molecule has 0 amide bonds. The van der Waals surface area contributed by atoms with E-state index in [-0.39, 0.29) is 0 Å². The second-order valence-electron chi connectivity index (χ2n) is 3.15. The Morgan fingerprint density at radius 3 is 2.29 bits per heavy atom. The molecule has 2 unspecified atom stereocenters. The lowest BCUT2D eigenvalue weighted by atomic mass is 9.99. The van der Waals surface area contributed by atoms with Crippen molar-refractivity contribution >= 4 is 0 Å². The molecule has 6 nitrogen and oxygen atoms in total. The molecule has 84 valence electrons. The highest BCUT2D eigenvalue weighted by atomic mass is 16.7. The average Bonchev–Trinajstić information content (AvgIpc) is 2.19. The summed E-state index contributed by atoms with van der Waals surface area (Å²) in [6, 6.07) is 0. The third-order valence-electron chi connectivity index (χ3n) is 2.18. The van der Waals surface area contributed by atoms with E-state index in [1.165, 1.54) is 0 Å². The minimum atomic E-state index is -1.36. The van der Waals surface area contributed by atoms with Crippen molar-refractivity contribution in [2.24, 2.45) is 0 Å². The Hall–Kier alpha value is -0.240. The zero-order valence-electron chi connectivity index (χ0n) is 7.91. The Morgan fingerprint density at radius 1 is 1.14 bits per heavy atom. The van der Waals surface area contributed by atoms with E-state index in [0.29, 0.717) is 6.61 Å². The average molecular weight is 208 g/mol. The smallest absolute Gasteiger partial charge is 0.186 e. The van der Waals surface area contributed by atoms with Crippen LogP contribution in [-0.4, -0.2) is 64.3 Å². The lowest BCUT2D eigenvalue weighted by Gasteiger charge is -2.39. The van der Waals surface area contributed by atoms with Crippen LogP contribution < -0.4 is 0 Å². The summed E-state index contributed by atoms with van der Waals surface area (Å²) >= 11 is 0. The first kappa shape index (κ1) is 11.8. The number of hydrogen-bond acceptors (Lipinski definition) is 6. The van der Waals surface area contributed by atoms with Crippen LogP contribution in [0.1, 0.15) is 6.92 Å². The molecule has 1 heterocycles. The maximum atomic E-state index is 9.41. The predicted molar refractivity (Wildman–Crippen MR) is 45.4 cm³/mol. The van der Waals surface area contributed by atoms with Gasteiger partial charge in [-0.25, -0.2) is 0 Å². The van der Waals surface area contributed by atoms with E-state index in [2.05, 4.69) is 0 Å². The topological polar surface area (TPSA) is 99.4 Å². The van der Waals surface area contributed by atoms with Gasteiger partial charge in [-0.05, 0) is 6.92 Å². The van der Waals surface area contributed by atoms with Crippen LogP contribution in [0.5, 0.6) is 0 Å². The number of rotatable bonds is 3. The normalized spacial score (nSPS) is 43.9. The van der Waals surface area contributed by atoms with Gasteiger partial charge in [0.2, 0.25) is 0 Å². The van der Waals surface area contributed by atoms with Gasteiger partial charge in [0.05, 0.1) is 6.61 Å². The number of aliphatic hydroxyl groups excluding tert-OH is 4. The highest BCUT2D eigenvalue weighted by Crippen LogP contribution is 2.21. The molecule has 1 fully saturated rings. The first-order chi connectivity index (χ1) is 6.61. The summed E-state index contributed by atoms with van der Waals surface area (Å²) in [5.74, 6) is 0. The van der Waals surface area contributed by atoms with Gasteiger partial charge >= 0.3 is 0 Å². The van der Waals surface area contributed by atoms with Crippen LogP contribution in [0.2, 0.25) is 0 Å². The van der Waals surface area contributed by atoms with Crippen LogP contribution in [0, 0.1) is 0 Å². The van der Waals surface area contributed by atoms with Crippen LogP contribution in [-0.2, 0) is 9.47 Å². The number of aliphatic hydroxyl groups is 4. The van der Waals surface area contributed by atoms with Gasteiger partial charge in [-0.3, -0.25) is 0 Å². The Kier molecular flexibility index (Phi) is 4.24. The number of hydrogen-bond donors (Lipinski definition) is 4. The predicted octanol–water partition coefficient (Wildman–Crippen LogP) is -2.18. The van der Waals surface area contributed by atoms with Crippen LogP contribution in [0.3, 0.4) is 0 Å². The molecule has 0 aromatic carbocycles. The first-order valence-corrected chi connectivity index (χ1v) is 4.54. The van der Waals surface area contributed by atoms with Gasteiger partial charge in [-0.1, -0.05) is 0 Å². The monoisotopic (exact) mass is 208 g/mol. The van der Waals surface area contributed by atoms with Crippen molar-refractivity contribution in [1.29, 1.82) is 0 Å². The van der Waals surface area contributed by atoms with Gasteiger partial charge in [0.1, 0.15) is 24.4 Å².